The molecular weight excluding hydrogens is 359 g/mol. The van der Waals surface area contributed by atoms with Crippen LogP contribution >= 0.6 is 0 Å². The minimum Gasteiger partial charge on any atom is -0.490 e. The van der Waals surface area contributed by atoms with Crippen molar-refractivity contribution in [3.8, 4) is 5.75 Å². The summed E-state index contributed by atoms with van der Waals surface area (Å²) in [7, 11) is 0. The van der Waals surface area contributed by atoms with E-state index in [0.29, 0.717) is 23.9 Å². The first-order chi connectivity index (χ1) is 12.9. The lowest BCUT2D eigenvalue weighted by atomic mass is 9.89. The fraction of sp³-hybridized carbons (Fsp3) is 0.263. The van der Waals surface area contributed by atoms with E-state index in [0.717, 1.165) is 6.07 Å². The van der Waals surface area contributed by atoms with Gasteiger partial charge in [-0.15, -0.1) is 0 Å². The van der Waals surface area contributed by atoms with E-state index in [1.165, 1.54) is 24.4 Å². The number of carbonyl (C=O) groups excluding carboxylic acids is 1. The normalized spacial score (nSPS) is 19.5. The van der Waals surface area contributed by atoms with E-state index in [1.54, 1.807) is 16.8 Å². The number of para-hydroxylation sites is 1. The summed E-state index contributed by atoms with van der Waals surface area (Å²) in [4.78, 5) is 12.4. The Balaban J connectivity index is 1.36. The summed E-state index contributed by atoms with van der Waals surface area (Å²) in [6.07, 6.45) is -0.664. The molecule has 0 atom stereocenters. The molecule has 0 aliphatic heterocycles. The Morgan fingerprint density at radius 2 is 1.89 bits per heavy atom. The van der Waals surface area contributed by atoms with Crippen LogP contribution < -0.4 is 10.1 Å². The van der Waals surface area contributed by atoms with Crippen molar-refractivity contribution in [3.05, 3.63) is 66.0 Å². The SMILES string of the molecule is O=C(N[C@H]1C[C@H](Oc2ccccc2C(F)(F)F)C1)c1cnn2ccccc12. The third-order valence-electron chi connectivity index (χ3n) is 4.59. The largest absolute Gasteiger partial charge is 0.490 e. The number of amides is 1. The molecule has 27 heavy (non-hydrogen) atoms. The second-order valence-electron chi connectivity index (χ2n) is 6.46. The minimum absolute atomic E-state index is 0.140. The molecule has 0 radical (unpaired) electrons. The first-order valence-electron chi connectivity index (χ1n) is 8.48. The minimum atomic E-state index is -4.46. The van der Waals surface area contributed by atoms with Gasteiger partial charge in [-0.2, -0.15) is 18.3 Å². The van der Waals surface area contributed by atoms with Crippen molar-refractivity contribution in [2.75, 3.05) is 0 Å². The summed E-state index contributed by atoms with van der Waals surface area (Å²) < 4.78 is 46.1. The Hall–Kier alpha value is -3.03. The average Bonchev–Trinajstić information content (AvgIpc) is 3.03. The van der Waals surface area contributed by atoms with E-state index >= 15 is 0 Å². The van der Waals surface area contributed by atoms with Crippen LogP contribution in [0.4, 0.5) is 13.2 Å². The number of halogens is 3. The summed E-state index contributed by atoms with van der Waals surface area (Å²) in [6.45, 7) is 0. The maximum atomic E-state index is 13.0. The van der Waals surface area contributed by atoms with Gasteiger partial charge in [0.2, 0.25) is 0 Å². The maximum Gasteiger partial charge on any atom is 0.419 e. The van der Waals surface area contributed by atoms with Gasteiger partial charge in [-0.1, -0.05) is 18.2 Å². The Bertz CT molecular complexity index is 977. The van der Waals surface area contributed by atoms with Crippen molar-refractivity contribution in [2.45, 2.75) is 31.2 Å². The molecular formula is C19H16F3N3O2. The molecule has 8 heteroatoms. The van der Waals surface area contributed by atoms with Crippen LogP contribution in [0.15, 0.2) is 54.9 Å². The molecule has 1 fully saturated rings. The van der Waals surface area contributed by atoms with E-state index in [-0.39, 0.29) is 23.8 Å². The Morgan fingerprint density at radius 1 is 1.15 bits per heavy atom. The second-order valence-corrected chi connectivity index (χ2v) is 6.46. The highest BCUT2D eigenvalue weighted by Crippen LogP contribution is 2.38. The number of pyridine rings is 1. The first-order valence-corrected chi connectivity index (χ1v) is 8.48. The average molecular weight is 375 g/mol. The number of nitrogens with one attached hydrogen (secondary N) is 1. The van der Waals surface area contributed by atoms with Crippen LogP contribution in [0.3, 0.4) is 0 Å². The van der Waals surface area contributed by atoms with Gasteiger partial charge in [-0.25, -0.2) is 4.52 Å². The third kappa shape index (κ3) is 3.47. The molecule has 1 amide bonds. The number of carbonyl (C=O) groups is 1. The molecule has 1 aliphatic carbocycles. The van der Waals surface area contributed by atoms with Crippen LogP contribution in [0, 0.1) is 0 Å². The summed E-state index contributed by atoms with van der Waals surface area (Å²) in [5.41, 5.74) is 0.368. The van der Waals surface area contributed by atoms with Crippen LogP contribution in [0.25, 0.3) is 5.52 Å². The number of hydrogen-bond acceptors (Lipinski definition) is 3. The van der Waals surface area contributed by atoms with E-state index < -0.39 is 11.7 Å². The van der Waals surface area contributed by atoms with Crippen LogP contribution in [-0.4, -0.2) is 27.7 Å². The predicted octanol–water partition coefficient (Wildman–Crippen LogP) is 3.69. The summed E-state index contributed by atoms with van der Waals surface area (Å²) in [6, 6.07) is 10.4. The molecule has 4 rings (SSSR count). The predicted molar refractivity (Wildman–Crippen MR) is 91.5 cm³/mol. The topological polar surface area (TPSA) is 55.6 Å². The van der Waals surface area contributed by atoms with Crippen molar-refractivity contribution in [3.63, 3.8) is 0 Å². The fourth-order valence-electron chi connectivity index (χ4n) is 3.14. The summed E-state index contributed by atoms with van der Waals surface area (Å²) in [5.74, 6) is -0.433. The molecule has 0 spiro atoms. The second kappa shape index (κ2) is 6.61. The molecule has 0 unspecified atom stereocenters. The number of aromatic nitrogens is 2. The van der Waals surface area contributed by atoms with Gasteiger partial charge in [-0.05, 0) is 24.3 Å². The van der Waals surface area contributed by atoms with Gasteiger partial charge in [-0.3, -0.25) is 4.79 Å². The zero-order valence-corrected chi connectivity index (χ0v) is 14.1. The molecule has 3 aromatic rings. The van der Waals surface area contributed by atoms with Gasteiger partial charge < -0.3 is 10.1 Å². The fourth-order valence-corrected chi connectivity index (χ4v) is 3.14. The van der Waals surface area contributed by atoms with Crippen LogP contribution in [-0.2, 0) is 6.18 Å². The molecule has 140 valence electrons. The number of rotatable bonds is 4. The number of fused-ring (bicyclic) bond motifs is 1. The highest BCUT2D eigenvalue weighted by atomic mass is 19.4. The zero-order valence-electron chi connectivity index (χ0n) is 14.1. The Kier molecular flexibility index (Phi) is 4.25. The van der Waals surface area contributed by atoms with Crippen molar-refractivity contribution in [1.29, 1.82) is 0 Å². The van der Waals surface area contributed by atoms with Crippen LogP contribution in [0.2, 0.25) is 0 Å². The molecule has 0 bridgehead atoms. The molecule has 5 nitrogen and oxygen atoms in total. The van der Waals surface area contributed by atoms with Crippen LogP contribution in [0.1, 0.15) is 28.8 Å². The van der Waals surface area contributed by atoms with Crippen molar-refractivity contribution >= 4 is 11.4 Å². The monoisotopic (exact) mass is 375 g/mol. The van der Waals surface area contributed by atoms with E-state index in [2.05, 4.69) is 10.4 Å². The Labute approximate surface area is 152 Å². The van der Waals surface area contributed by atoms with E-state index in [4.69, 9.17) is 4.74 Å². The molecule has 2 aromatic heterocycles. The standard InChI is InChI=1S/C19H16F3N3O2/c20-19(21,22)15-5-1-2-7-17(15)27-13-9-12(10-13)24-18(26)14-11-23-25-8-4-3-6-16(14)25/h1-8,11-13H,9-10H2,(H,24,26)/t12-,13-. The number of hydrogen-bond donors (Lipinski definition) is 1. The lowest BCUT2D eigenvalue weighted by molar-refractivity contribution is -0.139. The van der Waals surface area contributed by atoms with Crippen LogP contribution in [0.5, 0.6) is 5.75 Å². The lowest BCUT2D eigenvalue weighted by Gasteiger charge is -2.36. The molecule has 1 N–H and O–H groups in total. The molecule has 1 aromatic carbocycles. The molecule has 1 aliphatic rings. The zero-order chi connectivity index (χ0) is 19.0. The van der Waals surface area contributed by atoms with Crippen molar-refractivity contribution in [1.82, 2.24) is 14.9 Å². The van der Waals surface area contributed by atoms with Gasteiger partial charge in [0.25, 0.3) is 5.91 Å². The third-order valence-corrected chi connectivity index (χ3v) is 4.59. The van der Waals surface area contributed by atoms with Gasteiger partial charge in [0.15, 0.2) is 0 Å². The number of alkyl halides is 3. The van der Waals surface area contributed by atoms with Crippen molar-refractivity contribution in [2.24, 2.45) is 0 Å². The lowest BCUT2D eigenvalue weighted by Crippen LogP contribution is -2.49. The molecule has 1 saturated carbocycles. The quantitative estimate of drug-likeness (QED) is 0.757. The summed E-state index contributed by atoms with van der Waals surface area (Å²) >= 11 is 0. The van der Waals surface area contributed by atoms with Gasteiger partial charge >= 0.3 is 6.18 Å². The molecule has 0 saturated heterocycles. The van der Waals surface area contributed by atoms with Gasteiger partial charge in [0.05, 0.1) is 22.8 Å². The van der Waals surface area contributed by atoms with E-state index in [9.17, 15) is 18.0 Å². The molecule has 2 heterocycles. The Morgan fingerprint density at radius 3 is 2.67 bits per heavy atom. The van der Waals surface area contributed by atoms with Gasteiger partial charge in [0, 0.05) is 25.1 Å². The van der Waals surface area contributed by atoms with E-state index in [1.807, 2.05) is 12.1 Å². The highest BCUT2D eigenvalue weighted by molar-refractivity contribution is 6.00. The number of ether oxygens (including phenoxy) is 1. The maximum absolute atomic E-state index is 13.0. The number of benzene rings is 1. The first kappa shape index (κ1) is 17.4. The van der Waals surface area contributed by atoms with Gasteiger partial charge in [0.1, 0.15) is 11.9 Å². The number of nitrogens with zero attached hydrogens (tertiary/aromatic N) is 2. The van der Waals surface area contributed by atoms with Crippen molar-refractivity contribution < 1.29 is 22.7 Å². The smallest absolute Gasteiger partial charge is 0.419 e. The highest BCUT2D eigenvalue weighted by Gasteiger charge is 2.37. The summed E-state index contributed by atoms with van der Waals surface area (Å²) in [5, 5.41) is 7.00.